The van der Waals surface area contributed by atoms with Gasteiger partial charge in [-0.05, 0) is 52.9 Å². The lowest BCUT2D eigenvalue weighted by Crippen LogP contribution is -2.41. The van der Waals surface area contributed by atoms with Crippen LogP contribution in [-0.4, -0.2) is 47.2 Å². The Hall–Kier alpha value is -1.31. The predicted octanol–water partition coefficient (Wildman–Crippen LogP) is 2.95. The Balaban J connectivity index is 4.95. The molecule has 0 aromatic rings. The van der Waals surface area contributed by atoms with Crippen LogP contribution in [0.4, 0.5) is 4.79 Å². The molecular formula is C16H28BrNO6. The van der Waals surface area contributed by atoms with Crippen LogP contribution >= 0.6 is 15.9 Å². The van der Waals surface area contributed by atoms with Crippen LogP contribution in [0.2, 0.25) is 0 Å². The van der Waals surface area contributed by atoms with Crippen LogP contribution in [-0.2, 0) is 19.1 Å². The average molecular weight is 410 g/mol. The summed E-state index contributed by atoms with van der Waals surface area (Å²) in [6.07, 6.45) is 1.000. The summed E-state index contributed by atoms with van der Waals surface area (Å²) in [6, 6.07) is -0.341. The zero-order valence-corrected chi connectivity index (χ0v) is 16.5. The highest BCUT2D eigenvalue weighted by molar-refractivity contribution is 9.09. The minimum Gasteiger partial charge on any atom is -0.481 e. The number of rotatable bonds is 9. The predicted molar refractivity (Wildman–Crippen MR) is 93.1 cm³/mol. The highest BCUT2D eigenvalue weighted by Crippen LogP contribution is 2.25. The van der Waals surface area contributed by atoms with Gasteiger partial charge in [0.1, 0.15) is 5.60 Å². The summed E-state index contributed by atoms with van der Waals surface area (Å²) in [6.45, 7) is 7.02. The third-order valence-corrected chi connectivity index (χ3v) is 3.88. The van der Waals surface area contributed by atoms with Gasteiger partial charge >= 0.3 is 18.0 Å². The quantitative estimate of drug-likeness (QED) is 0.344. The van der Waals surface area contributed by atoms with Gasteiger partial charge in [0.15, 0.2) is 5.92 Å². The fourth-order valence-corrected chi connectivity index (χ4v) is 2.73. The second-order valence-electron chi connectivity index (χ2n) is 6.71. The van der Waals surface area contributed by atoms with Crippen LogP contribution in [0.5, 0.6) is 0 Å². The average Bonchev–Trinajstić information content (AvgIpc) is 2.41. The lowest BCUT2D eigenvalue weighted by Gasteiger charge is -2.26. The summed E-state index contributed by atoms with van der Waals surface area (Å²) in [5.41, 5.74) is -0.616. The second kappa shape index (κ2) is 10.5. The Morgan fingerprint density at radius 1 is 1.25 bits per heavy atom. The Bertz CT molecular complexity index is 435. The number of aliphatic carboxylic acids is 1. The summed E-state index contributed by atoms with van der Waals surface area (Å²) in [7, 11) is 1.17. The Morgan fingerprint density at radius 3 is 2.25 bits per heavy atom. The van der Waals surface area contributed by atoms with Gasteiger partial charge in [-0.3, -0.25) is 9.59 Å². The maximum atomic E-state index is 11.8. The number of hydrogen-bond donors (Lipinski definition) is 2. The fraction of sp³-hybridized carbons (Fsp3) is 0.812. The third kappa shape index (κ3) is 9.10. The lowest BCUT2D eigenvalue weighted by molar-refractivity contribution is -0.159. The van der Waals surface area contributed by atoms with Crippen molar-refractivity contribution in [1.29, 1.82) is 0 Å². The molecule has 0 aromatic heterocycles. The maximum Gasteiger partial charge on any atom is 0.407 e. The number of esters is 1. The van der Waals surface area contributed by atoms with Crippen molar-refractivity contribution in [3.05, 3.63) is 0 Å². The maximum absolute atomic E-state index is 11.8. The van der Waals surface area contributed by atoms with Gasteiger partial charge in [0.25, 0.3) is 0 Å². The van der Waals surface area contributed by atoms with Crippen molar-refractivity contribution in [2.45, 2.75) is 58.6 Å². The van der Waals surface area contributed by atoms with E-state index in [1.54, 1.807) is 27.7 Å². The third-order valence-electron chi connectivity index (χ3n) is 3.32. The molecule has 7 nitrogen and oxygen atoms in total. The lowest BCUT2D eigenvalue weighted by atomic mass is 9.83. The number of halogens is 1. The number of carbonyl (C=O) groups excluding carboxylic acids is 2. The largest absolute Gasteiger partial charge is 0.481 e. The molecule has 0 heterocycles. The van der Waals surface area contributed by atoms with Gasteiger partial charge in [-0.25, -0.2) is 4.79 Å². The van der Waals surface area contributed by atoms with Gasteiger partial charge in [-0.2, -0.15) is 0 Å². The van der Waals surface area contributed by atoms with Gasteiger partial charge in [0.2, 0.25) is 0 Å². The molecule has 0 saturated heterocycles. The number of carboxylic acid groups (broad SMARTS) is 1. The van der Waals surface area contributed by atoms with Crippen molar-refractivity contribution in [3.8, 4) is 0 Å². The number of alkyl halides is 1. The molecule has 24 heavy (non-hydrogen) atoms. The van der Waals surface area contributed by atoms with Crippen LogP contribution in [0.25, 0.3) is 0 Å². The minimum atomic E-state index is -1.25. The molecule has 3 unspecified atom stereocenters. The molecule has 0 saturated carbocycles. The molecule has 0 bridgehead atoms. The first-order chi connectivity index (χ1) is 11.0. The second-order valence-corrected chi connectivity index (χ2v) is 7.51. The van der Waals surface area contributed by atoms with Crippen molar-refractivity contribution >= 4 is 34.0 Å². The molecule has 0 rings (SSSR count). The number of ether oxygens (including phenoxy) is 2. The summed E-state index contributed by atoms with van der Waals surface area (Å²) in [4.78, 5) is 35.1. The number of hydrogen-bond acceptors (Lipinski definition) is 5. The van der Waals surface area contributed by atoms with E-state index in [2.05, 4.69) is 26.0 Å². The van der Waals surface area contributed by atoms with Gasteiger partial charge < -0.3 is 19.9 Å². The van der Waals surface area contributed by atoms with Crippen molar-refractivity contribution in [2.75, 3.05) is 12.4 Å². The topological polar surface area (TPSA) is 102 Å². The van der Waals surface area contributed by atoms with Crippen LogP contribution in [0.15, 0.2) is 0 Å². The number of alkyl carbamates (subject to hydrolysis) is 1. The van der Waals surface area contributed by atoms with Crippen LogP contribution < -0.4 is 5.32 Å². The molecule has 0 spiro atoms. The van der Waals surface area contributed by atoms with E-state index in [1.807, 2.05) is 0 Å². The van der Waals surface area contributed by atoms with E-state index in [4.69, 9.17) is 4.74 Å². The number of amides is 1. The Morgan fingerprint density at radius 2 is 1.83 bits per heavy atom. The van der Waals surface area contributed by atoms with Crippen molar-refractivity contribution < 1.29 is 29.0 Å². The first-order valence-corrected chi connectivity index (χ1v) is 9.00. The monoisotopic (exact) mass is 409 g/mol. The standard InChI is InChI=1S/C16H28BrNO6/c1-10(18-15(22)24-16(2,3)4)9-11(7-6-8-17)12(13(19)20)14(21)23-5/h10-12H,6-9H2,1-5H3,(H,18,22)(H,19,20). The van der Waals surface area contributed by atoms with Crippen molar-refractivity contribution in [3.63, 3.8) is 0 Å². The zero-order valence-electron chi connectivity index (χ0n) is 14.9. The summed E-state index contributed by atoms with van der Waals surface area (Å²) < 4.78 is 9.80. The van der Waals surface area contributed by atoms with E-state index in [-0.39, 0.29) is 6.04 Å². The molecule has 0 aromatic carbocycles. The number of carboxylic acids is 1. The van der Waals surface area contributed by atoms with Gasteiger partial charge in [0, 0.05) is 11.4 Å². The van der Waals surface area contributed by atoms with E-state index in [9.17, 15) is 19.5 Å². The van der Waals surface area contributed by atoms with E-state index in [0.717, 1.165) is 0 Å². The first-order valence-electron chi connectivity index (χ1n) is 7.88. The SMILES string of the molecule is COC(=O)C(C(=O)O)C(CCCBr)CC(C)NC(=O)OC(C)(C)C. The molecule has 0 aliphatic rings. The fourth-order valence-electron chi connectivity index (χ4n) is 2.40. The molecule has 140 valence electrons. The molecule has 2 N–H and O–H groups in total. The number of methoxy groups -OCH3 is 1. The minimum absolute atomic E-state index is 0.332. The van der Waals surface area contributed by atoms with Gasteiger partial charge in [0.05, 0.1) is 7.11 Å². The van der Waals surface area contributed by atoms with E-state index in [0.29, 0.717) is 24.6 Å². The number of nitrogens with one attached hydrogen (secondary N) is 1. The molecule has 0 radical (unpaired) electrons. The van der Waals surface area contributed by atoms with E-state index >= 15 is 0 Å². The van der Waals surface area contributed by atoms with Gasteiger partial charge in [-0.1, -0.05) is 15.9 Å². The number of carbonyl (C=O) groups is 3. The van der Waals surface area contributed by atoms with Crippen LogP contribution in [0.1, 0.15) is 47.0 Å². The molecular weight excluding hydrogens is 382 g/mol. The van der Waals surface area contributed by atoms with Crippen LogP contribution in [0.3, 0.4) is 0 Å². The normalized spacial score (nSPS) is 15.1. The molecule has 0 aliphatic carbocycles. The molecule has 0 fully saturated rings. The highest BCUT2D eigenvalue weighted by atomic mass is 79.9. The summed E-state index contributed by atoms with van der Waals surface area (Å²) in [5.74, 6) is -3.69. The smallest absolute Gasteiger partial charge is 0.407 e. The molecule has 3 atom stereocenters. The highest BCUT2D eigenvalue weighted by Gasteiger charge is 2.36. The zero-order chi connectivity index (χ0) is 18.9. The summed E-state index contributed by atoms with van der Waals surface area (Å²) >= 11 is 3.30. The van der Waals surface area contributed by atoms with E-state index in [1.165, 1.54) is 7.11 Å². The molecule has 0 aliphatic heterocycles. The molecule has 1 amide bonds. The summed E-state index contributed by atoms with van der Waals surface area (Å²) in [5, 5.41) is 12.7. The van der Waals surface area contributed by atoms with E-state index < -0.39 is 35.5 Å². The van der Waals surface area contributed by atoms with Gasteiger partial charge in [-0.15, -0.1) is 0 Å². The first kappa shape index (κ1) is 22.7. The Labute approximate surface area is 151 Å². The van der Waals surface area contributed by atoms with Crippen molar-refractivity contribution in [1.82, 2.24) is 5.32 Å². The van der Waals surface area contributed by atoms with Crippen molar-refractivity contribution in [2.24, 2.45) is 11.8 Å². The molecule has 8 heteroatoms. The van der Waals surface area contributed by atoms with Crippen LogP contribution in [0, 0.1) is 11.8 Å². The Kier molecular flexibility index (Phi) is 9.96.